The van der Waals surface area contributed by atoms with Crippen LogP contribution < -0.4 is 10.2 Å². The van der Waals surface area contributed by atoms with Crippen LogP contribution in [0.2, 0.25) is 0 Å². The molecule has 16 heavy (non-hydrogen) atoms. The molecule has 0 saturated carbocycles. The first-order valence-electron chi connectivity index (χ1n) is 6.02. The van der Waals surface area contributed by atoms with Gasteiger partial charge in [-0.2, -0.15) is 0 Å². The second-order valence-electron chi connectivity index (χ2n) is 4.80. The Morgan fingerprint density at radius 2 is 1.88 bits per heavy atom. The van der Waals surface area contributed by atoms with E-state index < -0.39 is 0 Å². The molecule has 0 spiro atoms. The summed E-state index contributed by atoms with van der Waals surface area (Å²) in [4.78, 5) is 6.75. The van der Waals surface area contributed by atoms with Gasteiger partial charge in [0.25, 0.3) is 0 Å². The number of nitrogens with one attached hydrogen (secondary N) is 1. The molecule has 1 N–H and O–H groups in total. The molecule has 3 heteroatoms. The predicted octanol–water partition coefficient (Wildman–Crippen LogP) is 1.89. The van der Waals surface area contributed by atoms with Gasteiger partial charge in [-0.3, -0.25) is 4.98 Å². The Morgan fingerprint density at radius 1 is 1.25 bits per heavy atom. The van der Waals surface area contributed by atoms with E-state index in [1.54, 1.807) is 0 Å². The van der Waals surface area contributed by atoms with E-state index in [4.69, 9.17) is 0 Å². The van der Waals surface area contributed by atoms with Crippen LogP contribution >= 0.6 is 0 Å². The molecule has 1 aromatic rings. The van der Waals surface area contributed by atoms with Gasteiger partial charge in [0.1, 0.15) is 0 Å². The van der Waals surface area contributed by atoms with Crippen molar-refractivity contribution in [2.24, 2.45) is 0 Å². The highest BCUT2D eigenvalue weighted by Crippen LogP contribution is 2.27. The molecule has 1 fully saturated rings. The lowest BCUT2D eigenvalue weighted by molar-refractivity contribution is 0.403. The maximum atomic E-state index is 4.24. The Bertz CT molecular complexity index is 355. The van der Waals surface area contributed by atoms with Gasteiger partial charge in [0.15, 0.2) is 0 Å². The lowest BCUT2D eigenvalue weighted by Crippen LogP contribution is -2.55. The SMILES string of the molecule is Cc1cncc(C)c1N1CCNC(C)C1C. The van der Waals surface area contributed by atoms with Gasteiger partial charge < -0.3 is 10.2 Å². The van der Waals surface area contributed by atoms with Crippen LogP contribution in [0.4, 0.5) is 5.69 Å². The smallest absolute Gasteiger partial charge is 0.0459 e. The summed E-state index contributed by atoms with van der Waals surface area (Å²) in [6, 6.07) is 1.08. The number of rotatable bonds is 1. The van der Waals surface area contributed by atoms with E-state index in [1.807, 2.05) is 12.4 Å². The van der Waals surface area contributed by atoms with Crippen molar-refractivity contribution in [2.45, 2.75) is 39.8 Å². The van der Waals surface area contributed by atoms with Crippen molar-refractivity contribution in [3.63, 3.8) is 0 Å². The Morgan fingerprint density at radius 3 is 2.50 bits per heavy atom. The third kappa shape index (κ3) is 1.92. The minimum absolute atomic E-state index is 0.536. The molecule has 0 amide bonds. The quantitative estimate of drug-likeness (QED) is 0.781. The second-order valence-corrected chi connectivity index (χ2v) is 4.80. The summed E-state index contributed by atoms with van der Waals surface area (Å²) in [6.45, 7) is 11.0. The first kappa shape index (κ1) is 11.4. The summed E-state index contributed by atoms with van der Waals surface area (Å²) in [5, 5.41) is 3.51. The molecule has 1 saturated heterocycles. The largest absolute Gasteiger partial charge is 0.365 e. The molecule has 0 aromatic carbocycles. The molecule has 2 unspecified atom stereocenters. The van der Waals surface area contributed by atoms with Crippen molar-refractivity contribution in [1.29, 1.82) is 0 Å². The van der Waals surface area contributed by atoms with E-state index in [1.165, 1.54) is 16.8 Å². The normalized spacial score (nSPS) is 25.9. The van der Waals surface area contributed by atoms with Gasteiger partial charge >= 0.3 is 0 Å². The van der Waals surface area contributed by atoms with E-state index in [0.717, 1.165) is 13.1 Å². The van der Waals surface area contributed by atoms with Crippen molar-refractivity contribution in [1.82, 2.24) is 10.3 Å². The molecular formula is C13H21N3. The Balaban J connectivity index is 2.36. The van der Waals surface area contributed by atoms with Gasteiger partial charge in [-0.15, -0.1) is 0 Å². The van der Waals surface area contributed by atoms with Crippen LogP contribution in [0.15, 0.2) is 12.4 Å². The number of hydrogen-bond acceptors (Lipinski definition) is 3. The number of nitrogens with zero attached hydrogens (tertiary/aromatic N) is 2. The second kappa shape index (κ2) is 4.42. The zero-order chi connectivity index (χ0) is 11.7. The van der Waals surface area contributed by atoms with Crippen LogP contribution in [0, 0.1) is 13.8 Å². The average Bonchev–Trinajstić information content (AvgIpc) is 2.24. The van der Waals surface area contributed by atoms with Crippen LogP contribution in [0.5, 0.6) is 0 Å². The maximum Gasteiger partial charge on any atom is 0.0459 e. The number of aryl methyl sites for hydroxylation is 2. The van der Waals surface area contributed by atoms with Crippen molar-refractivity contribution in [3.05, 3.63) is 23.5 Å². The van der Waals surface area contributed by atoms with Gasteiger partial charge in [0, 0.05) is 43.3 Å². The number of pyridine rings is 1. The Kier molecular flexibility index (Phi) is 3.15. The highest BCUT2D eigenvalue weighted by molar-refractivity contribution is 5.58. The molecule has 1 aliphatic heterocycles. The summed E-state index contributed by atoms with van der Waals surface area (Å²) in [5.41, 5.74) is 3.93. The van der Waals surface area contributed by atoms with Gasteiger partial charge in [0.05, 0.1) is 0 Å². The summed E-state index contributed by atoms with van der Waals surface area (Å²) in [5.74, 6) is 0. The zero-order valence-electron chi connectivity index (χ0n) is 10.6. The molecule has 0 radical (unpaired) electrons. The van der Waals surface area contributed by atoms with Crippen LogP contribution in [0.25, 0.3) is 0 Å². The van der Waals surface area contributed by atoms with Gasteiger partial charge in [-0.25, -0.2) is 0 Å². The number of anilines is 1. The molecule has 0 bridgehead atoms. The van der Waals surface area contributed by atoms with Crippen LogP contribution in [0.1, 0.15) is 25.0 Å². The molecule has 88 valence electrons. The summed E-state index contributed by atoms with van der Waals surface area (Å²) < 4.78 is 0. The Hall–Kier alpha value is -1.09. The standard InChI is InChI=1S/C13H21N3/c1-9-7-14-8-10(2)13(9)16-6-5-15-11(3)12(16)4/h7-8,11-12,15H,5-6H2,1-4H3. The van der Waals surface area contributed by atoms with Crippen LogP contribution in [0.3, 0.4) is 0 Å². The fourth-order valence-electron chi connectivity index (χ4n) is 2.52. The maximum absolute atomic E-state index is 4.24. The fourth-order valence-corrected chi connectivity index (χ4v) is 2.52. The van der Waals surface area contributed by atoms with E-state index in [2.05, 4.69) is 42.9 Å². The molecule has 2 atom stereocenters. The lowest BCUT2D eigenvalue weighted by atomic mass is 10.0. The number of aromatic nitrogens is 1. The average molecular weight is 219 g/mol. The summed E-state index contributed by atoms with van der Waals surface area (Å²) >= 11 is 0. The molecular weight excluding hydrogens is 198 g/mol. The third-order valence-corrected chi connectivity index (χ3v) is 3.60. The molecule has 1 aliphatic rings. The summed E-state index contributed by atoms with van der Waals surface area (Å²) in [6.07, 6.45) is 3.92. The van der Waals surface area contributed by atoms with E-state index >= 15 is 0 Å². The molecule has 1 aromatic heterocycles. The van der Waals surface area contributed by atoms with Crippen LogP contribution in [-0.2, 0) is 0 Å². The van der Waals surface area contributed by atoms with Gasteiger partial charge in [-0.1, -0.05) is 0 Å². The lowest BCUT2D eigenvalue weighted by Gasteiger charge is -2.41. The van der Waals surface area contributed by atoms with Gasteiger partial charge in [-0.05, 0) is 38.8 Å². The van der Waals surface area contributed by atoms with E-state index in [9.17, 15) is 0 Å². The highest BCUT2D eigenvalue weighted by Gasteiger charge is 2.26. The topological polar surface area (TPSA) is 28.2 Å². The molecule has 2 rings (SSSR count). The minimum Gasteiger partial charge on any atom is -0.365 e. The molecule has 0 aliphatic carbocycles. The van der Waals surface area contributed by atoms with Crippen molar-refractivity contribution in [2.75, 3.05) is 18.0 Å². The van der Waals surface area contributed by atoms with Crippen molar-refractivity contribution >= 4 is 5.69 Å². The van der Waals surface area contributed by atoms with Gasteiger partial charge in [0.2, 0.25) is 0 Å². The van der Waals surface area contributed by atoms with Crippen molar-refractivity contribution in [3.8, 4) is 0 Å². The summed E-state index contributed by atoms with van der Waals surface area (Å²) in [7, 11) is 0. The first-order valence-corrected chi connectivity index (χ1v) is 6.02. The highest BCUT2D eigenvalue weighted by atomic mass is 15.2. The number of hydrogen-bond donors (Lipinski definition) is 1. The predicted molar refractivity (Wildman–Crippen MR) is 68.0 cm³/mol. The van der Waals surface area contributed by atoms with E-state index in [-0.39, 0.29) is 0 Å². The number of piperazine rings is 1. The molecule has 3 nitrogen and oxygen atoms in total. The third-order valence-electron chi connectivity index (χ3n) is 3.60. The molecule has 2 heterocycles. The Labute approximate surface area is 97.9 Å². The first-order chi connectivity index (χ1) is 7.61. The zero-order valence-corrected chi connectivity index (χ0v) is 10.6. The minimum atomic E-state index is 0.536. The van der Waals surface area contributed by atoms with Crippen LogP contribution in [-0.4, -0.2) is 30.2 Å². The van der Waals surface area contributed by atoms with Crippen molar-refractivity contribution < 1.29 is 0 Å². The monoisotopic (exact) mass is 219 g/mol. The van der Waals surface area contributed by atoms with E-state index in [0.29, 0.717) is 12.1 Å². The fraction of sp³-hybridized carbons (Fsp3) is 0.615.